The van der Waals surface area contributed by atoms with E-state index in [1.807, 2.05) is 30.3 Å². The van der Waals surface area contributed by atoms with E-state index in [9.17, 15) is 13.5 Å². The van der Waals surface area contributed by atoms with Crippen molar-refractivity contribution in [3.8, 4) is 11.5 Å². The van der Waals surface area contributed by atoms with Gasteiger partial charge in [-0.05, 0) is 48.5 Å². The summed E-state index contributed by atoms with van der Waals surface area (Å²) in [5.74, 6) is 1.36. The second-order valence-electron chi connectivity index (χ2n) is 7.18. The van der Waals surface area contributed by atoms with Crippen LogP contribution in [-0.4, -0.2) is 57.7 Å². The lowest BCUT2D eigenvalue weighted by Gasteiger charge is -2.14. The highest BCUT2D eigenvalue weighted by Crippen LogP contribution is 2.19. The first-order chi connectivity index (χ1) is 14.8. The summed E-state index contributed by atoms with van der Waals surface area (Å²) in [5.41, 5.74) is 2.35. The zero-order chi connectivity index (χ0) is 22.3. The highest BCUT2D eigenvalue weighted by molar-refractivity contribution is 7.92. The van der Waals surface area contributed by atoms with E-state index >= 15 is 0 Å². The van der Waals surface area contributed by atoms with Crippen molar-refractivity contribution in [2.45, 2.75) is 12.5 Å². The number of nitrogens with one attached hydrogen (secondary N) is 2. The number of benzene rings is 2. The van der Waals surface area contributed by atoms with E-state index in [1.165, 1.54) is 0 Å². The van der Waals surface area contributed by atoms with Crippen molar-refractivity contribution in [2.75, 3.05) is 37.8 Å². The van der Waals surface area contributed by atoms with Gasteiger partial charge in [-0.2, -0.15) is 0 Å². The fourth-order valence-corrected chi connectivity index (χ4v) is 3.55. The van der Waals surface area contributed by atoms with Gasteiger partial charge in [0.2, 0.25) is 10.0 Å². The average molecular weight is 446 g/mol. The summed E-state index contributed by atoms with van der Waals surface area (Å²) in [4.78, 5) is 4.65. The molecule has 1 heterocycles. The number of fused-ring (bicyclic) bond motifs is 1. The zero-order valence-electron chi connectivity index (χ0n) is 17.5. The van der Waals surface area contributed by atoms with Crippen LogP contribution in [-0.2, 0) is 16.4 Å². The fraction of sp³-hybridized carbons (Fsp3) is 0.318. The van der Waals surface area contributed by atoms with Crippen LogP contribution in [0.15, 0.2) is 54.6 Å². The third-order valence-electron chi connectivity index (χ3n) is 4.49. The summed E-state index contributed by atoms with van der Waals surface area (Å²) in [6, 6.07) is 16.3. The monoisotopic (exact) mass is 445 g/mol. The molecular weight excluding hydrogens is 418 g/mol. The third-order valence-corrected chi connectivity index (χ3v) is 5.10. The predicted molar refractivity (Wildman–Crippen MR) is 121 cm³/mol. The topological polar surface area (TPSA) is 110 Å². The van der Waals surface area contributed by atoms with Gasteiger partial charge in [-0.25, -0.2) is 8.42 Å². The van der Waals surface area contributed by atoms with Crippen molar-refractivity contribution in [2.24, 2.45) is 0 Å². The normalized spacial score (nSPS) is 12.5. The molecule has 0 aliphatic rings. The van der Waals surface area contributed by atoms with Crippen LogP contribution in [0.25, 0.3) is 10.9 Å². The summed E-state index contributed by atoms with van der Waals surface area (Å²) in [6.45, 7) is 1.19. The number of ether oxygens (including phenoxy) is 2. The van der Waals surface area contributed by atoms with E-state index in [0.29, 0.717) is 24.5 Å². The van der Waals surface area contributed by atoms with Crippen LogP contribution in [0, 0.1) is 0 Å². The number of hydrogen-bond acceptors (Lipinski definition) is 7. The van der Waals surface area contributed by atoms with Crippen molar-refractivity contribution in [3.63, 3.8) is 0 Å². The number of nitrogens with zero attached hydrogens (tertiary/aromatic N) is 1. The Labute approximate surface area is 182 Å². The maximum Gasteiger partial charge on any atom is 0.229 e. The van der Waals surface area contributed by atoms with Gasteiger partial charge in [0, 0.05) is 36.3 Å². The summed E-state index contributed by atoms with van der Waals surface area (Å²) < 4.78 is 35.6. The molecular formula is C22H27N3O5S. The zero-order valence-corrected chi connectivity index (χ0v) is 18.4. The Morgan fingerprint density at radius 1 is 1.06 bits per heavy atom. The molecule has 166 valence electrons. The first kappa shape index (κ1) is 22.8. The van der Waals surface area contributed by atoms with Gasteiger partial charge in [-0.1, -0.05) is 6.07 Å². The van der Waals surface area contributed by atoms with Gasteiger partial charge in [0.1, 0.15) is 24.2 Å². The number of pyridine rings is 1. The second-order valence-corrected chi connectivity index (χ2v) is 8.93. The lowest BCUT2D eigenvalue weighted by molar-refractivity contribution is 0.106. The maximum atomic E-state index is 11.2. The first-order valence-electron chi connectivity index (χ1n) is 9.85. The molecule has 3 rings (SSSR count). The van der Waals surface area contributed by atoms with E-state index in [-0.39, 0.29) is 6.61 Å². The molecule has 0 saturated heterocycles. The Bertz CT molecular complexity index is 1100. The van der Waals surface area contributed by atoms with Gasteiger partial charge in [-0.3, -0.25) is 9.71 Å². The van der Waals surface area contributed by atoms with Crippen LogP contribution in [0.2, 0.25) is 0 Å². The molecule has 1 aromatic heterocycles. The quantitative estimate of drug-likeness (QED) is 0.388. The molecule has 0 aliphatic heterocycles. The number of aliphatic hydroxyl groups is 1. The molecule has 0 radical (unpaired) electrons. The van der Waals surface area contributed by atoms with Gasteiger partial charge < -0.3 is 19.9 Å². The minimum Gasteiger partial charge on any atom is -0.497 e. The fourth-order valence-electron chi connectivity index (χ4n) is 2.98. The molecule has 2 aromatic carbocycles. The Hall–Kier alpha value is -2.88. The highest BCUT2D eigenvalue weighted by Gasteiger charge is 2.07. The van der Waals surface area contributed by atoms with Crippen LogP contribution in [0.4, 0.5) is 5.69 Å². The molecule has 3 aromatic rings. The summed E-state index contributed by atoms with van der Waals surface area (Å²) in [7, 11) is -1.67. The molecule has 9 heteroatoms. The van der Waals surface area contributed by atoms with E-state index in [2.05, 4.69) is 15.0 Å². The number of hydrogen-bond donors (Lipinski definition) is 3. The minimum absolute atomic E-state index is 0.127. The largest absolute Gasteiger partial charge is 0.497 e. The highest BCUT2D eigenvalue weighted by atomic mass is 32.2. The third kappa shape index (κ3) is 7.39. The SMILES string of the molecule is COc1ccc2nc(CCNCC(O)COc3ccc(NS(C)(=O)=O)cc3)ccc2c1. The molecule has 1 atom stereocenters. The number of anilines is 1. The smallest absolute Gasteiger partial charge is 0.229 e. The lowest BCUT2D eigenvalue weighted by Crippen LogP contribution is -2.32. The maximum absolute atomic E-state index is 11.2. The molecule has 3 N–H and O–H groups in total. The van der Waals surface area contributed by atoms with Gasteiger partial charge in [-0.15, -0.1) is 0 Å². The van der Waals surface area contributed by atoms with E-state index < -0.39 is 16.1 Å². The van der Waals surface area contributed by atoms with Crippen LogP contribution in [0.1, 0.15) is 5.69 Å². The average Bonchev–Trinajstić information content (AvgIpc) is 2.74. The van der Waals surface area contributed by atoms with Crippen molar-refractivity contribution >= 4 is 26.6 Å². The van der Waals surface area contributed by atoms with Gasteiger partial charge in [0.05, 0.1) is 18.9 Å². The van der Waals surface area contributed by atoms with Gasteiger partial charge >= 0.3 is 0 Å². The standard InChI is InChI=1S/C22H27N3O5S/c1-29-21-9-10-22-16(13-21)3-4-17(24-22)11-12-23-14-19(26)15-30-20-7-5-18(6-8-20)25-31(2,27)28/h3-10,13,19,23,25-26H,11-12,14-15H2,1-2H3. The van der Waals surface area contributed by atoms with Gasteiger partial charge in [0.15, 0.2) is 0 Å². The number of aliphatic hydroxyl groups excluding tert-OH is 1. The molecule has 8 nitrogen and oxygen atoms in total. The van der Waals surface area contributed by atoms with Crippen molar-refractivity contribution in [1.29, 1.82) is 0 Å². The number of aromatic nitrogens is 1. The van der Waals surface area contributed by atoms with E-state index in [4.69, 9.17) is 9.47 Å². The van der Waals surface area contributed by atoms with Crippen molar-refractivity contribution in [3.05, 3.63) is 60.3 Å². The Morgan fingerprint density at radius 2 is 1.81 bits per heavy atom. The molecule has 31 heavy (non-hydrogen) atoms. The predicted octanol–water partition coefficient (Wildman–Crippen LogP) is 2.19. The summed E-state index contributed by atoms with van der Waals surface area (Å²) in [6.07, 6.45) is 1.16. The second kappa shape index (κ2) is 10.4. The molecule has 0 bridgehead atoms. The first-order valence-corrected chi connectivity index (χ1v) is 11.7. The van der Waals surface area contributed by atoms with Crippen LogP contribution in [0.3, 0.4) is 0 Å². The van der Waals surface area contributed by atoms with Gasteiger partial charge in [0.25, 0.3) is 0 Å². The summed E-state index contributed by atoms with van der Waals surface area (Å²) in [5, 5.41) is 14.3. The lowest BCUT2D eigenvalue weighted by atomic mass is 10.1. The summed E-state index contributed by atoms with van der Waals surface area (Å²) >= 11 is 0. The van der Waals surface area contributed by atoms with E-state index in [0.717, 1.165) is 35.0 Å². The molecule has 0 saturated carbocycles. The van der Waals surface area contributed by atoms with Crippen LogP contribution < -0.4 is 19.5 Å². The Morgan fingerprint density at radius 3 is 2.52 bits per heavy atom. The molecule has 0 spiro atoms. The molecule has 0 amide bonds. The van der Waals surface area contributed by atoms with Crippen molar-refractivity contribution < 1.29 is 23.0 Å². The van der Waals surface area contributed by atoms with Crippen molar-refractivity contribution in [1.82, 2.24) is 10.3 Å². The van der Waals surface area contributed by atoms with Crippen LogP contribution in [0.5, 0.6) is 11.5 Å². The Balaban J connectivity index is 1.38. The number of methoxy groups -OCH3 is 1. The molecule has 1 unspecified atom stereocenters. The number of rotatable bonds is 11. The Kier molecular flexibility index (Phi) is 7.67. The minimum atomic E-state index is -3.31. The number of sulfonamides is 1. The molecule has 0 aliphatic carbocycles. The molecule has 0 fully saturated rings. The van der Waals surface area contributed by atoms with Crippen LogP contribution >= 0.6 is 0 Å². The van der Waals surface area contributed by atoms with E-state index in [1.54, 1.807) is 31.4 Å².